The van der Waals surface area contributed by atoms with Crippen molar-refractivity contribution < 1.29 is 9.90 Å². The summed E-state index contributed by atoms with van der Waals surface area (Å²) in [5, 5.41) is 8.65. The molecule has 0 bridgehead atoms. The summed E-state index contributed by atoms with van der Waals surface area (Å²) in [5.74, 6) is -0.745. The Bertz CT molecular complexity index is 64.0. The highest BCUT2D eigenvalue weighted by Gasteiger charge is 1.80. The van der Waals surface area contributed by atoms with Gasteiger partial charge >= 0.3 is 5.97 Å². The van der Waals surface area contributed by atoms with E-state index >= 15 is 0 Å². The molecule has 0 aromatic rings. The molecule has 0 saturated heterocycles. The van der Waals surface area contributed by atoms with E-state index in [1.165, 1.54) is 0 Å². The van der Waals surface area contributed by atoms with Gasteiger partial charge in [0.05, 0.1) is 0 Å². The van der Waals surface area contributed by atoms with Crippen LogP contribution in [-0.4, -0.2) is 22.4 Å². The van der Waals surface area contributed by atoms with E-state index in [9.17, 15) is 4.79 Å². The van der Waals surface area contributed by atoms with Gasteiger partial charge in [-0.2, -0.15) is 24.4 Å². The zero-order valence-electron chi connectivity index (χ0n) is 5.63. The summed E-state index contributed by atoms with van der Waals surface area (Å²) >= 11 is 5.60. The van der Waals surface area contributed by atoms with Crippen LogP contribution in [0, 0.1) is 0 Å². The van der Waals surface area contributed by atoms with Crippen molar-refractivity contribution in [3.63, 3.8) is 0 Å². The highest BCUT2D eigenvalue weighted by molar-refractivity contribution is 8.08. The van der Waals surface area contributed by atoms with Gasteiger partial charge in [-0.15, -0.1) is 0 Å². The van der Waals surface area contributed by atoms with E-state index in [2.05, 4.69) is 12.6 Å². The first-order chi connectivity index (χ1) is 4.18. The molecule has 0 aliphatic rings. The van der Waals surface area contributed by atoms with Gasteiger partial charge in [0.15, 0.2) is 0 Å². The molecule has 0 heterocycles. The number of hydrogen-bond donors (Lipinski definition) is 2. The summed E-state index contributed by atoms with van der Waals surface area (Å²) < 4.78 is 0. The molecule has 0 rings (SSSR count). The molecule has 0 fully saturated rings. The van der Waals surface area contributed by atoms with Crippen LogP contribution in [-0.2, 0) is 4.79 Å². The molecule has 0 atom stereocenters. The lowest BCUT2D eigenvalue weighted by molar-refractivity contribution is -0.136. The third-order valence-electron chi connectivity index (χ3n) is 0.432. The molecular weight excluding hydrogens is 156 g/mol. The number of carboxylic acids is 1. The molecule has 0 unspecified atom stereocenters. The molecule has 9 heavy (non-hydrogen) atoms. The van der Waals surface area contributed by atoms with E-state index in [1.54, 1.807) is 18.7 Å². The Morgan fingerprint density at radius 3 is 2.00 bits per heavy atom. The van der Waals surface area contributed by atoms with Crippen molar-refractivity contribution in [3.05, 3.63) is 0 Å². The van der Waals surface area contributed by atoms with Crippen LogP contribution in [0.4, 0.5) is 0 Å². The summed E-state index contributed by atoms with van der Waals surface area (Å²) in [6.45, 7) is 1.60. The maximum Gasteiger partial charge on any atom is 0.303 e. The first kappa shape index (κ1) is 11.9. The molecule has 0 aromatic carbocycles. The molecule has 2 nitrogen and oxygen atoms in total. The van der Waals surface area contributed by atoms with Gasteiger partial charge in [0.2, 0.25) is 0 Å². The lowest BCUT2D eigenvalue weighted by Crippen LogP contribution is -1.86. The monoisotopic (exact) mass is 168 g/mol. The number of carboxylic acid groups (broad SMARTS) is 1. The van der Waals surface area contributed by atoms with Crippen molar-refractivity contribution in [2.75, 3.05) is 11.3 Å². The lowest BCUT2D eigenvalue weighted by atomic mass is 10.5. The second-order valence-electron chi connectivity index (χ2n) is 1.17. The van der Waals surface area contributed by atoms with Crippen LogP contribution in [0.25, 0.3) is 0 Å². The predicted molar refractivity (Wildman–Crippen MR) is 45.3 cm³/mol. The summed E-state index contributed by atoms with van der Waals surface area (Å²) in [7, 11) is 0. The highest BCUT2D eigenvalue weighted by Crippen LogP contribution is 1.90. The fourth-order valence-electron chi connectivity index (χ4n) is 0. The Labute approximate surface area is 65.4 Å². The van der Waals surface area contributed by atoms with Gasteiger partial charge in [-0.3, -0.25) is 4.79 Å². The smallest absolute Gasteiger partial charge is 0.303 e. The zero-order chi connectivity index (χ0) is 7.70. The standard InChI is InChI=1S/C3H6O2.C2H6S2/c1-2-3(4)5;1-4-2-3/h2H2,1H3,(H,4,5);3H,2H2,1H3. The minimum absolute atomic E-state index is 0.222. The Kier molecular flexibility index (Phi) is 14.6. The number of aliphatic carboxylic acids is 1. The van der Waals surface area contributed by atoms with Crippen LogP contribution >= 0.6 is 24.4 Å². The molecule has 1 N–H and O–H groups in total. The van der Waals surface area contributed by atoms with Gasteiger partial charge in [-0.25, -0.2) is 0 Å². The summed E-state index contributed by atoms with van der Waals surface area (Å²) in [4.78, 5) is 9.37. The molecule has 0 saturated carbocycles. The van der Waals surface area contributed by atoms with Gasteiger partial charge < -0.3 is 5.11 Å². The maximum atomic E-state index is 9.37. The predicted octanol–water partition coefficient (Wildman–Crippen LogP) is 1.72. The normalized spacial score (nSPS) is 7.44. The molecule has 0 aliphatic heterocycles. The number of thioether (sulfide) groups is 1. The Morgan fingerprint density at radius 2 is 2.00 bits per heavy atom. The molecule has 56 valence electrons. The second kappa shape index (κ2) is 11.0. The molecule has 4 heteroatoms. The van der Waals surface area contributed by atoms with E-state index < -0.39 is 5.97 Å². The van der Waals surface area contributed by atoms with Crippen molar-refractivity contribution >= 4 is 30.4 Å². The Hall–Kier alpha value is 0.170. The zero-order valence-corrected chi connectivity index (χ0v) is 7.34. The van der Waals surface area contributed by atoms with E-state index in [-0.39, 0.29) is 6.42 Å². The quantitative estimate of drug-likeness (QED) is 0.487. The van der Waals surface area contributed by atoms with Gasteiger partial charge in [0, 0.05) is 11.5 Å². The number of carbonyl (C=O) groups is 1. The average Bonchev–Trinajstić information content (AvgIpc) is 1.89. The van der Waals surface area contributed by atoms with Crippen molar-refractivity contribution in [2.24, 2.45) is 0 Å². The lowest BCUT2D eigenvalue weighted by Gasteiger charge is -1.71. The van der Waals surface area contributed by atoms with Crippen LogP contribution < -0.4 is 0 Å². The van der Waals surface area contributed by atoms with Crippen LogP contribution in [0.1, 0.15) is 13.3 Å². The Morgan fingerprint density at radius 1 is 1.78 bits per heavy atom. The fourth-order valence-corrected chi connectivity index (χ4v) is 0. The van der Waals surface area contributed by atoms with Gasteiger partial charge in [-0.05, 0) is 6.26 Å². The Balaban J connectivity index is 0. The SMILES string of the molecule is CCC(=O)O.CSCS. The van der Waals surface area contributed by atoms with Gasteiger partial charge in [-0.1, -0.05) is 6.92 Å². The minimum Gasteiger partial charge on any atom is -0.481 e. The topological polar surface area (TPSA) is 37.3 Å². The first-order valence-electron chi connectivity index (χ1n) is 2.50. The van der Waals surface area contributed by atoms with Gasteiger partial charge in [0.25, 0.3) is 0 Å². The molecule has 0 spiro atoms. The summed E-state index contributed by atoms with van der Waals surface area (Å²) in [6, 6.07) is 0. The van der Waals surface area contributed by atoms with Crippen molar-refractivity contribution in [3.8, 4) is 0 Å². The molecule has 0 radical (unpaired) electrons. The first-order valence-corrected chi connectivity index (χ1v) is 4.53. The van der Waals surface area contributed by atoms with E-state index in [0.717, 1.165) is 5.08 Å². The molecular formula is C5H12O2S2. The van der Waals surface area contributed by atoms with Gasteiger partial charge in [0.1, 0.15) is 0 Å². The van der Waals surface area contributed by atoms with Crippen molar-refractivity contribution in [2.45, 2.75) is 13.3 Å². The fraction of sp³-hybridized carbons (Fsp3) is 0.800. The largest absolute Gasteiger partial charge is 0.481 e. The number of hydrogen-bond acceptors (Lipinski definition) is 3. The minimum atomic E-state index is -0.745. The summed E-state index contributed by atoms with van der Waals surface area (Å²) in [5.41, 5.74) is 0. The van der Waals surface area contributed by atoms with E-state index in [4.69, 9.17) is 5.11 Å². The molecule has 0 aromatic heterocycles. The molecule has 0 amide bonds. The van der Waals surface area contributed by atoms with Crippen molar-refractivity contribution in [1.82, 2.24) is 0 Å². The highest BCUT2D eigenvalue weighted by atomic mass is 32.2. The number of rotatable bonds is 2. The summed E-state index contributed by atoms with van der Waals surface area (Å²) in [6.07, 6.45) is 2.24. The third-order valence-corrected chi connectivity index (χ3v) is 1.46. The van der Waals surface area contributed by atoms with Crippen LogP contribution in [0.15, 0.2) is 0 Å². The van der Waals surface area contributed by atoms with Crippen LogP contribution in [0.2, 0.25) is 0 Å². The van der Waals surface area contributed by atoms with Crippen LogP contribution in [0.5, 0.6) is 0 Å². The maximum absolute atomic E-state index is 9.37. The van der Waals surface area contributed by atoms with Crippen molar-refractivity contribution in [1.29, 1.82) is 0 Å². The number of thiol groups is 1. The average molecular weight is 168 g/mol. The molecule has 0 aliphatic carbocycles. The second-order valence-corrected chi connectivity index (χ2v) is 2.78. The van der Waals surface area contributed by atoms with Crippen LogP contribution in [0.3, 0.4) is 0 Å². The van der Waals surface area contributed by atoms with E-state index in [0.29, 0.717) is 0 Å². The third kappa shape index (κ3) is 31.0. The van der Waals surface area contributed by atoms with E-state index in [1.807, 2.05) is 6.26 Å².